The van der Waals surface area contributed by atoms with Gasteiger partial charge in [0.05, 0.1) is 17.4 Å². The maximum Gasteiger partial charge on any atom is 0.410 e. The highest BCUT2D eigenvalue weighted by Gasteiger charge is 2.34. The summed E-state index contributed by atoms with van der Waals surface area (Å²) < 4.78 is 6.14. The molecule has 2 aliphatic heterocycles. The molecule has 6 rings (SSSR count). The Bertz CT molecular complexity index is 1680. The predicted molar refractivity (Wildman–Crippen MR) is 162 cm³/mol. The van der Waals surface area contributed by atoms with E-state index in [2.05, 4.69) is 20.5 Å². The van der Waals surface area contributed by atoms with Gasteiger partial charge in [0.25, 0.3) is 5.91 Å². The fourth-order valence-corrected chi connectivity index (χ4v) is 5.94. The minimum absolute atomic E-state index is 0.0215. The third kappa shape index (κ3) is 5.88. The first-order valence-electron chi connectivity index (χ1n) is 14.5. The third-order valence-corrected chi connectivity index (χ3v) is 8.26. The van der Waals surface area contributed by atoms with Gasteiger partial charge in [-0.25, -0.2) is 9.59 Å². The zero-order valence-electron chi connectivity index (χ0n) is 24.5. The molecule has 11 nitrogen and oxygen atoms in total. The van der Waals surface area contributed by atoms with E-state index in [0.717, 1.165) is 33.3 Å². The van der Waals surface area contributed by atoms with Crippen molar-refractivity contribution in [2.75, 3.05) is 32.5 Å². The second kappa shape index (κ2) is 11.7. The number of aromatic amines is 1. The van der Waals surface area contributed by atoms with E-state index < -0.39 is 12.2 Å². The number of amides is 4. The summed E-state index contributed by atoms with van der Waals surface area (Å²) in [6.07, 6.45) is 3.87. The monoisotopic (exact) mass is 581 g/mol. The molecular weight excluding hydrogens is 546 g/mol. The molecule has 1 fully saturated rings. The number of H-pyrrole nitrogens is 1. The van der Waals surface area contributed by atoms with Crippen LogP contribution in [0.5, 0.6) is 0 Å². The van der Waals surface area contributed by atoms with Crippen molar-refractivity contribution in [3.05, 3.63) is 88.9 Å². The molecule has 1 unspecified atom stereocenters. The summed E-state index contributed by atoms with van der Waals surface area (Å²) in [7, 11) is 3.39. The lowest BCUT2D eigenvalue weighted by Crippen LogP contribution is -2.51. The number of aryl methyl sites for hydroxylation is 1. The fraction of sp³-hybridized carbons (Fsp3) is 0.344. The van der Waals surface area contributed by atoms with Crippen LogP contribution in [0, 0.1) is 6.92 Å². The number of hydrogen-bond acceptors (Lipinski definition) is 6. The van der Waals surface area contributed by atoms with E-state index in [0.29, 0.717) is 50.2 Å². The van der Waals surface area contributed by atoms with Gasteiger partial charge >= 0.3 is 12.1 Å². The molecule has 2 N–H and O–H groups in total. The number of nitrogens with one attached hydrogen (secondary N) is 2. The number of nitrogens with zero attached hydrogens (tertiary/aromatic N) is 5. The van der Waals surface area contributed by atoms with Crippen LogP contribution in [-0.2, 0) is 17.7 Å². The van der Waals surface area contributed by atoms with Crippen LogP contribution >= 0.6 is 0 Å². The minimum Gasteiger partial charge on any atom is -0.439 e. The Hall–Kier alpha value is -4.93. The van der Waals surface area contributed by atoms with E-state index in [4.69, 9.17) is 4.74 Å². The first kappa shape index (κ1) is 28.2. The molecule has 1 saturated heterocycles. The van der Waals surface area contributed by atoms with Crippen molar-refractivity contribution in [1.82, 2.24) is 29.9 Å². The van der Waals surface area contributed by atoms with Crippen molar-refractivity contribution < 1.29 is 19.1 Å². The summed E-state index contributed by atoms with van der Waals surface area (Å²) in [5.41, 5.74) is 5.87. The number of rotatable bonds is 6. The number of fused-ring (bicyclic) bond motifs is 2. The molecule has 0 spiro atoms. The molecular formula is C32H35N7O4. The van der Waals surface area contributed by atoms with E-state index in [1.54, 1.807) is 43.5 Å². The summed E-state index contributed by atoms with van der Waals surface area (Å²) in [6, 6.07) is 15.2. The van der Waals surface area contributed by atoms with Crippen LogP contribution in [-0.4, -0.2) is 81.1 Å². The van der Waals surface area contributed by atoms with E-state index in [9.17, 15) is 14.4 Å². The van der Waals surface area contributed by atoms with Crippen molar-refractivity contribution >= 4 is 34.6 Å². The summed E-state index contributed by atoms with van der Waals surface area (Å²) in [6.45, 7) is 3.49. The Kier molecular flexibility index (Phi) is 7.71. The number of aromatic nitrogens is 3. The van der Waals surface area contributed by atoms with Crippen molar-refractivity contribution in [3.8, 4) is 0 Å². The quantitative estimate of drug-likeness (QED) is 0.334. The van der Waals surface area contributed by atoms with E-state index >= 15 is 0 Å². The van der Waals surface area contributed by atoms with Gasteiger partial charge in [0.1, 0.15) is 6.10 Å². The lowest BCUT2D eigenvalue weighted by atomic mass is 10.00. The third-order valence-electron chi connectivity index (χ3n) is 8.26. The first-order chi connectivity index (χ1) is 20.8. The number of benzene rings is 2. The van der Waals surface area contributed by atoms with Crippen LogP contribution in [0.3, 0.4) is 0 Å². The van der Waals surface area contributed by atoms with E-state index in [-0.39, 0.29) is 18.0 Å². The Morgan fingerprint density at radius 3 is 2.70 bits per heavy atom. The molecule has 2 aromatic carbocycles. The van der Waals surface area contributed by atoms with Crippen LogP contribution in [0.15, 0.2) is 60.9 Å². The van der Waals surface area contributed by atoms with E-state index in [1.165, 1.54) is 4.90 Å². The standard InChI is InChI=1S/C32H35N7O4/c1-20-14-21(15-24-18-34-36-29(20)24)16-28(27-17-22(8-11-33-27)30(40)37(2)3)43-32(42)38-12-9-25(10-13-38)39-19-23-6-4-5-7-26(23)35-31(39)41/h4-8,11,14-15,17-18,25,28H,9-10,12-13,16,19H2,1-3H3,(H,34,36)(H,35,41). The zero-order valence-corrected chi connectivity index (χ0v) is 24.5. The molecule has 11 heteroatoms. The Morgan fingerprint density at radius 2 is 1.91 bits per heavy atom. The highest BCUT2D eigenvalue weighted by Crippen LogP contribution is 2.30. The zero-order chi connectivity index (χ0) is 30.1. The van der Waals surface area contributed by atoms with Gasteiger partial charge < -0.3 is 24.8 Å². The van der Waals surface area contributed by atoms with Gasteiger partial charge in [0.2, 0.25) is 0 Å². The molecule has 0 bridgehead atoms. The molecule has 0 radical (unpaired) electrons. The molecule has 2 aromatic heterocycles. The summed E-state index contributed by atoms with van der Waals surface area (Å²) in [5.74, 6) is -0.157. The van der Waals surface area contributed by atoms with Gasteiger partial charge in [-0.2, -0.15) is 5.10 Å². The number of carbonyl (C=O) groups excluding carboxylic acids is 3. The number of hydrogen-bond donors (Lipinski definition) is 2. The van der Waals surface area contributed by atoms with Gasteiger partial charge in [-0.05, 0) is 60.7 Å². The van der Waals surface area contributed by atoms with Gasteiger partial charge in [0.15, 0.2) is 0 Å². The van der Waals surface area contributed by atoms with Crippen LogP contribution in [0.1, 0.15) is 51.7 Å². The van der Waals surface area contributed by atoms with Crippen LogP contribution in [0.2, 0.25) is 0 Å². The van der Waals surface area contributed by atoms with Crippen LogP contribution in [0.4, 0.5) is 15.3 Å². The molecule has 2 aliphatic rings. The van der Waals surface area contributed by atoms with Gasteiger partial charge in [-0.1, -0.05) is 24.3 Å². The van der Waals surface area contributed by atoms with Gasteiger partial charge in [-0.3, -0.25) is 14.9 Å². The molecule has 222 valence electrons. The van der Waals surface area contributed by atoms with Crippen molar-refractivity contribution in [2.24, 2.45) is 0 Å². The largest absolute Gasteiger partial charge is 0.439 e. The highest BCUT2D eigenvalue weighted by molar-refractivity contribution is 5.94. The maximum atomic E-state index is 13.5. The Labute approximate surface area is 249 Å². The minimum atomic E-state index is -0.715. The van der Waals surface area contributed by atoms with Crippen molar-refractivity contribution in [2.45, 2.75) is 44.9 Å². The van der Waals surface area contributed by atoms with Gasteiger partial charge in [0, 0.05) is 69.0 Å². The number of likely N-dealkylation sites (tertiary alicyclic amines) is 1. The van der Waals surface area contributed by atoms with E-state index in [1.807, 2.05) is 48.2 Å². The normalized spacial score (nSPS) is 16.0. The lowest BCUT2D eigenvalue weighted by Gasteiger charge is -2.40. The number of anilines is 1. The topological polar surface area (TPSA) is 124 Å². The molecule has 0 aliphatic carbocycles. The number of ether oxygens (including phenoxy) is 1. The second-order valence-corrected chi connectivity index (χ2v) is 11.4. The molecule has 43 heavy (non-hydrogen) atoms. The number of pyridine rings is 1. The Balaban J connectivity index is 1.18. The van der Waals surface area contributed by atoms with Crippen LogP contribution < -0.4 is 5.32 Å². The fourth-order valence-electron chi connectivity index (χ4n) is 5.94. The number of piperidine rings is 1. The molecule has 0 saturated carbocycles. The number of urea groups is 1. The number of carbonyl (C=O) groups is 3. The van der Waals surface area contributed by atoms with Crippen molar-refractivity contribution in [1.29, 1.82) is 0 Å². The average molecular weight is 582 g/mol. The van der Waals surface area contributed by atoms with Crippen LogP contribution in [0.25, 0.3) is 10.9 Å². The predicted octanol–water partition coefficient (Wildman–Crippen LogP) is 4.90. The molecule has 4 aromatic rings. The molecule has 4 heterocycles. The smallest absolute Gasteiger partial charge is 0.410 e. The SMILES string of the molecule is Cc1cc(CC(OC(=O)N2CCC(N3Cc4ccccc4NC3=O)CC2)c2cc(C(=O)N(C)C)ccn2)cc2cn[nH]c12. The highest BCUT2D eigenvalue weighted by atomic mass is 16.6. The van der Waals surface area contributed by atoms with Gasteiger partial charge in [-0.15, -0.1) is 0 Å². The summed E-state index contributed by atoms with van der Waals surface area (Å²) in [5, 5.41) is 11.1. The Morgan fingerprint density at radius 1 is 1.12 bits per heavy atom. The molecule has 1 atom stereocenters. The number of para-hydroxylation sites is 1. The van der Waals surface area contributed by atoms with Crippen molar-refractivity contribution in [3.63, 3.8) is 0 Å². The molecule has 4 amide bonds. The average Bonchev–Trinajstić information content (AvgIpc) is 3.49. The lowest BCUT2D eigenvalue weighted by molar-refractivity contribution is 0.0463. The summed E-state index contributed by atoms with van der Waals surface area (Å²) >= 11 is 0. The summed E-state index contributed by atoms with van der Waals surface area (Å²) in [4.78, 5) is 48.6. The maximum absolute atomic E-state index is 13.5. The first-order valence-corrected chi connectivity index (χ1v) is 14.5. The second-order valence-electron chi connectivity index (χ2n) is 11.4.